The molecule has 5 nitrogen and oxygen atoms in total. The lowest BCUT2D eigenvalue weighted by molar-refractivity contribution is -0.124. The van der Waals surface area contributed by atoms with Crippen molar-refractivity contribution in [1.29, 1.82) is 0 Å². The van der Waals surface area contributed by atoms with Gasteiger partial charge in [-0.05, 0) is 42.8 Å². The molecular weight excluding hydrogens is 323 g/mol. The molecule has 0 saturated carbocycles. The molecule has 0 unspecified atom stereocenters. The highest BCUT2D eigenvalue weighted by atomic mass is 19.1. The van der Waals surface area contributed by atoms with Crippen LogP contribution in [0.5, 0.6) is 5.75 Å². The van der Waals surface area contributed by atoms with E-state index in [1.165, 1.54) is 12.1 Å². The van der Waals surface area contributed by atoms with Crippen LogP contribution < -0.4 is 10.1 Å². The Morgan fingerprint density at radius 2 is 2.12 bits per heavy atom. The van der Waals surface area contributed by atoms with Crippen molar-refractivity contribution in [2.75, 3.05) is 13.2 Å². The molecule has 2 atom stereocenters. The zero-order valence-corrected chi connectivity index (χ0v) is 13.9. The summed E-state index contributed by atoms with van der Waals surface area (Å²) in [4.78, 5) is 16.4. The van der Waals surface area contributed by atoms with E-state index in [4.69, 9.17) is 9.47 Å². The quantitative estimate of drug-likeness (QED) is 0.875. The second kappa shape index (κ2) is 8.58. The van der Waals surface area contributed by atoms with Gasteiger partial charge in [0.15, 0.2) is 0 Å². The van der Waals surface area contributed by atoms with Gasteiger partial charge in [-0.15, -0.1) is 0 Å². The van der Waals surface area contributed by atoms with E-state index < -0.39 is 0 Å². The maximum absolute atomic E-state index is 13.0. The van der Waals surface area contributed by atoms with Gasteiger partial charge in [-0.25, -0.2) is 4.39 Å². The number of hydrogen-bond acceptors (Lipinski definition) is 4. The number of rotatable bonds is 6. The van der Waals surface area contributed by atoms with Crippen LogP contribution >= 0.6 is 0 Å². The summed E-state index contributed by atoms with van der Waals surface area (Å²) in [5.74, 6) is 0.216. The van der Waals surface area contributed by atoms with Crippen molar-refractivity contribution in [3.8, 4) is 5.75 Å². The minimum Gasteiger partial charge on any atom is -0.488 e. The van der Waals surface area contributed by atoms with Gasteiger partial charge in [0.1, 0.15) is 17.7 Å². The van der Waals surface area contributed by atoms with Gasteiger partial charge < -0.3 is 14.8 Å². The highest BCUT2D eigenvalue weighted by molar-refractivity contribution is 5.76. The molecule has 1 N–H and O–H groups in total. The van der Waals surface area contributed by atoms with Gasteiger partial charge in [-0.1, -0.05) is 6.07 Å². The first-order valence-electron chi connectivity index (χ1n) is 8.40. The fourth-order valence-electron chi connectivity index (χ4n) is 2.75. The number of pyridine rings is 1. The SMILES string of the molecule is O=C(CCc1ccccn1)N[C@@H]1COCC[C@@H]1Oc1ccc(F)cc1. The molecule has 1 aliphatic heterocycles. The number of benzene rings is 1. The Hall–Kier alpha value is -2.47. The van der Waals surface area contributed by atoms with Crippen LogP contribution in [-0.2, 0) is 16.0 Å². The molecule has 6 heteroatoms. The molecular formula is C19H21FN2O3. The zero-order chi connectivity index (χ0) is 17.5. The van der Waals surface area contributed by atoms with Gasteiger partial charge >= 0.3 is 0 Å². The van der Waals surface area contributed by atoms with Crippen molar-refractivity contribution < 1.29 is 18.7 Å². The number of carbonyl (C=O) groups is 1. The number of nitrogens with zero attached hydrogens (tertiary/aromatic N) is 1. The van der Waals surface area contributed by atoms with Gasteiger partial charge in [-0.2, -0.15) is 0 Å². The standard InChI is InChI=1S/C19H21FN2O3/c20-14-4-7-16(8-5-14)25-18-10-12-24-13-17(18)22-19(23)9-6-15-3-1-2-11-21-15/h1-5,7-8,11,17-18H,6,9-10,12-13H2,(H,22,23)/t17-,18+/m1/s1. The van der Waals surface area contributed by atoms with Crippen molar-refractivity contribution in [2.24, 2.45) is 0 Å². The number of aromatic nitrogens is 1. The number of aryl methyl sites for hydroxylation is 1. The summed E-state index contributed by atoms with van der Waals surface area (Å²) in [6, 6.07) is 11.3. The van der Waals surface area contributed by atoms with E-state index in [0.29, 0.717) is 38.2 Å². The van der Waals surface area contributed by atoms with Crippen molar-refractivity contribution >= 4 is 5.91 Å². The van der Waals surface area contributed by atoms with Crippen LogP contribution in [0.15, 0.2) is 48.7 Å². The summed E-state index contributed by atoms with van der Waals surface area (Å²) in [6.07, 6.45) is 3.13. The lowest BCUT2D eigenvalue weighted by Gasteiger charge is -2.32. The van der Waals surface area contributed by atoms with Crippen LogP contribution in [0.25, 0.3) is 0 Å². The van der Waals surface area contributed by atoms with Crippen LogP contribution in [0, 0.1) is 5.82 Å². The van der Waals surface area contributed by atoms with Gasteiger partial charge in [0.2, 0.25) is 5.91 Å². The van der Waals surface area contributed by atoms with E-state index in [-0.39, 0.29) is 23.9 Å². The number of amides is 1. The molecule has 1 fully saturated rings. The number of ether oxygens (including phenoxy) is 2. The molecule has 1 aliphatic rings. The third-order valence-electron chi connectivity index (χ3n) is 4.07. The van der Waals surface area contributed by atoms with Crippen molar-refractivity contribution in [3.63, 3.8) is 0 Å². The van der Waals surface area contributed by atoms with Crippen molar-refractivity contribution in [1.82, 2.24) is 10.3 Å². The summed E-state index contributed by atoms with van der Waals surface area (Å²) in [6.45, 7) is 0.980. The first-order valence-corrected chi connectivity index (χ1v) is 8.40. The Kier molecular flexibility index (Phi) is 5.95. The molecule has 0 bridgehead atoms. The molecule has 0 radical (unpaired) electrons. The molecule has 1 aromatic heterocycles. The van der Waals surface area contributed by atoms with Crippen LogP contribution in [0.2, 0.25) is 0 Å². The predicted octanol–water partition coefficient (Wildman–Crippen LogP) is 2.51. The number of nitrogens with one attached hydrogen (secondary N) is 1. The van der Waals surface area contributed by atoms with Gasteiger partial charge in [0.05, 0.1) is 19.3 Å². The van der Waals surface area contributed by atoms with Crippen molar-refractivity contribution in [3.05, 3.63) is 60.2 Å². The Morgan fingerprint density at radius 1 is 1.28 bits per heavy atom. The van der Waals surface area contributed by atoms with E-state index in [0.717, 1.165) is 5.69 Å². The van der Waals surface area contributed by atoms with E-state index in [9.17, 15) is 9.18 Å². The fraction of sp³-hybridized carbons (Fsp3) is 0.368. The lowest BCUT2D eigenvalue weighted by Crippen LogP contribution is -2.51. The van der Waals surface area contributed by atoms with E-state index >= 15 is 0 Å². The third-order valence-corrected chi connectivity index (χ3v) is 4.07. The maximum Gasteiger partial charge on any atom is 0.220 e. The van der Waals surface area contributed by atoms with Gasteiger partial charge in [-0.3, -0.25) is 9.78 Å². The first kappa shape index (κ1) is 17.4. The second-order valence-corrected chi connectivity index (χ2v) is 5.97. The fourth-order valence-corrected chi connectivity index (χ4v) is 2.75. The maximum atomic E-state index is 13.0. The third kappa shape index (κ3) is 5.26. The smallest absolute Gasteiger partial charge is 0.220 e. The molecule has 1 saturated heterocycles. The number of carbonyl (C=O) groups excluding carboxylic acids is 1. The average Bonchev–Trinajstić information content (AvgIpc) is 2.64. The van der Waals surface area contributed by atoms with Gasteiger partial charge in [0.25, 0.3) is 0 Å². The Morgan fingerprint density at radius 3 is 2.88 bits per heavy atom. The molecule has 2 heterocycles. The van der Waals surface area contributed by atoms with Crippen LogP contribution in [0.4, 0.5) is 4.39 Å². The lowest BCUT2D eigenvalue weighted by atomic mass is 10.1. The van der Waals surface area contributed by atoms with Crippen LogP contribution in [0.3, 0.4) is 0 Å². The average molecular weight is 344 g/mol. The predicted molar refractivity (Wildman–Crippen MR) is 90.7 cm³/mol. The Labute approximate surface area is 146 Å². The largest absolute Gasteiger partial charge is 0.488 e. The Balaban J connectivity index is 1.53. The molecule has 0 spiro atoms. The summed E-state index contributed by atoms with van der Waals surface area (Å²) < 4.78 is 24.4. The highest BCUT2D eigenvalue weighted by Crippen LogP contribution is 2.19. The highest BCUT2D eigenvalue weighted by Gasteiger charge is 2.28. The Bertz CT molecular complexity index is 679. The zero-order valence-electron chi connectivity index (χ0n) is 13.9. The van der Waals surface area contributed by atoms with Crippen LogP contribution in [0.1, 0.15) is 18.5 Å². The summed E-state index contributed by atoms with van der Waals surface area (Å²) >= 11 is 0. The molecule has 1 amide bonds. The minimum atomic E-state index is -0.307. The summed E-state index contributed by atoms with van der Waals surface area (Å²) in [5.41, 5.74) is 0.886. The minimum absolute atomic E-state index is 0.0612. The molecule has 3 rings (SSSR count). The van der Waals surface area contributed by atoms with Crippen LogP contribution in [-0.4, -0.2) is 36.3 Å². The van der Waals surface area contributed by atoms with E-state index in [1.807, 2.05) is 18.2 Å². The number of halogens is 1. The molecule has 25 heavy (non-hydrogen) atoms. The topological polar surface area (TPSA) is 60.5 Å². The van der Waals surface area contributed by atoms with E-state index in [1.54, 1.807) is 18.3 Å². The number of hydrogen-bond donors (Lipinski definition) is 1. The normalized spacial score (nSPS) is 20.0. The second-order valence-electron chi connectivity index (χ2n) is 5.97. The molecule has 132 valence electrons. The van der Waals surface area contributed by atoms with E-state index in [2.05, 4.69) is 10.3 Å². The summed E-state index contributed by atoms with van der Waals surface area (Å²) in [5, 5.41) is 2.98. The molecule has 0 aliphatic carbocycles. The molecule has 1 aromatic carbocycles. The monoisotopic (exact) mass is 344 g/mol. The molecule has 2 aromatic rings. The first-order chi connectivity index (χ1) is 12.2. The van der Waals surface area contributed by atoms with Crippen molar-refractivity contribution in [2.45, 2.75) is 31.4 Å². The summed E-state index contributed by atoms with van der Waals surface area (Å²) in [7, 11) is 0. The van der Waals surface area contributed by atoms with Gasteiger partial charge in [0, 0.05) is 24.7 Å².